The fourth-order valence-electron chi connectivity index (χ4n) is 2.45. The second-order valence-electron chi connectivity index (χ2n) is 5.31. The number of thiazole rings is 1. The Morgan fingerprint density at radius 2 is 2.00 bits per heavy atom. The Morgan fingerprint density at radius 1 is 1.33 bits per heavy atom. The first-order chi connectivity index (χ1) is 10.2. The normalized spacial score (nSPS) is 16.1. The van der Waals surface area contributed by atoms with Crippen molar-refractivity contribution in [2.75, 3.05) is 39.4 Å². The van der Waals surface area contributed by atoms with E-state index in [9.17, 15) is 4.79 Å². The van der Waals surface area contributed by atoms with Crippen molar-refractivity contribution >= 4 is 17.2 Å². The zero-order chi connectivity index (χ0) is 15.1. The van der Waals surface area contributed by atoms with Crippen molar-refractivity contribution in [1.82, 2.24) is 14.8 Å². The Kier molecular flexibility index (Phi) is 6.60. The zero-order valence-electron chi connectivity index (χ0n) is 13.0. The molecule has 1 aromatic heterocycles. The molecule has 0 spiro atoms. The van der Waals surface area contributed by atoms with E-state index in [1.54, 1.807) is 11.3 Å². The molecule has 1 saturated heterocycles. The van der Waals surface area contributed by atoms with Crippen LogP contribution in [-0.2, 0) is 11.3 Å². The number of carbonyl (C=O) groups is 1. The molecule has 2 heterocycles. The molecule has 0 radical (unpaired) electrons. The summed E-state index contributed by atoms with van der Waals surface area (Å²) in [5.74, 6) is 0.0724. The predicted octanol–water partition coefficient (Wildman–Crippen LogP) is 2.24. The van der Waals surface area contributed by atoms with Crippen LogP contribution in [0.4, 0.5) is 0 Å². The monoisotopic (exact) mass is 311 g/mol. The first-order valence-electron chi connectivity index (χ1n) is 7.78. The quantitative estimate of drug-likeness (QED) is 0.775. The summed E-state index contributed by atoms with van der Waals surface area (Å²) in [4.78, 5) is 21.2. The van der Waals surface area contributed by atoms with E-state index in [4.69, 9.17) is 4.74 Å². The van der Waals surface area contributed by atoms with E-state index in [0.29, 0.717) is 5.69 Å². The van der Waals surface area contributed by atoms with Crippen LogP contribution < -0.4 is 0 Å². The number of morpholine rings is 1. The maximum absolute atomic E-state index is 12.5. The van der Waals surface area contributed by atoms with E-state index in [1.807, 2.05) is 10.3 Å². The first-order valence-corrected chi connectivity index (χ1v) is 8.66. The molecule has 1 fully saturated rings. The molecule has 0 saturated carbocycles. The van der Waals surface area contributed by atoms with Gasteiger partial charge in [0.2, 0.25) is 0 Å². The number of rotatable bonds is 7. The van der Waals surface area contributed by atoms with Crippen LogP contribution in [0.2, 0.25) is 0 Å². The van der Waals surface area contributed by atoms with Crippen LogP contribution in [0.15, 0.2) is 5.38 Å². The Hall–Kier alpha value is -0.980. The molecule has 0 aromatic carbocycles. The molecule has 0 unspecified atom stereocenters. The van der Waals surface area contributed by atoms with E-state index >= 15 is 0 Å². The van der Waals surface area contributed by atoms with Crippen molar-refractivity contribution in [3.05, 3.63) is 16.1 Å². The molecule has 118 valence electrons. The second kappa shape index (κ2) is 8.46. The van der Waals surface area contributed by atoms with Gasteiger partial charge >= 0.3 is 0 Å². The lowest BCUT2D eigenvalue weighted by Gasteiger charge is -2.25. The van der Waals surface area contributed by atoms with Gasteiger partial charge in [-0.1, -0.05) is 13.8 Å². The molecule has 5 nitrogen and oxygen atoms in total. The highest BCUT2D eigenvalue weighted by Crippen LogP contribution is 2.15. The van der Waals surface area contributed by atoms with Gasteiger partial charge in [-0.25, -0.2) is 4.98 Å². The van der Waals surface area contributed by atoms with E-state index in [2.05, 4.69) is 23.7 Å². The summed E-state index contributed by atoms with van der Waals surface area (Å²) in [5.41, 5.74) is 0.602. The van der Waals surface area contributed by atoms with Gasteiger partial charge in [-0.15, -0.1) is 11.3 Å². The standard InChI is InChI=1S/C15H25N3O2S/c1-3-5-18(6-4-2)15(19)13-12-21-14(16-13)11-17-7-9-20-10-8-17/h12H,3-11H2,1-2H3. The van der Waals surface area contributed by atoms with Crippen LogP contribution in [-0.4, -0.2) is 60.1 Å². The van der Waals surface area contributed by atoms with E-state index < -0.39 is 0 Å². The summed E-state index contributed by atoms with van der Waals surface area (Å²) < 4.78 is 5.35. The number of nitrogens with zero attached hydrogens (tertiary/aromatic N) is 3. The van der Waals surface area contributed by atoms with Gasteiger partial charge in [0.1, 0.15) is 10.7 Å². The maximum Gasteiger partial charge on any atom is 0.273 e. The third-order valence-corrected chi connectivity index (χ3v) is 4.34. The third-order valence-electron chi connectivity index (χ3n) is 3.51. The minimum absolute atomic E-state index is 0.0724. The van der Waals surface area contributed by atoms with Gasteiger partial charge in [-0.2, -0.15) is 0 Å². The lowest BCUT2D eigenvalue weighted by Crippen LogP contribution is -2.35. The molecule has 1 aromatic rings. The SMILES string of the molecule is CCCN(CCC)C(=O)c1csc(CN2CCOCC2)n1. The maximum atomic E-state index is 12.5. The lowest BCUT2D eigenvalue weighted by atomic mass is 10.3. The van der Waals surface area contributed by atoms with Crippen molar-refractivity contribution in [3.8, 4) is 0 Å². The lowest BCUT2D eigenvalue weighted by molar-refractivity contribution is 0.0341. The van der Waals surface area contributed by atoms with E-state index in [1.165, 1.54) is 0 Å². The average Bonchev–Trinajstić information content (AvgIpc) is 2.96. The highest BCUT2D eigenvalue weighted by molar-refractivity contribution is 7.09. The molecular weight excluding hydrogens is 286 g/mol. The fraction of sp³-hybridized carbons (Fsp3) is 0.733. The van der Waals surface area contributed by atoms with Gasteiger partial charge < -0.3 is 9.64 Å². The van der Waals surface area contributed by atoms with Crippen LogP contribution in [0.5, 0.6) is 0 Å². The highest BCUT2D eigenvalue weighted by atomic mass is 32.1. The van der Waals surface area contributed by atoms with Crippen LogP contribution in [0.1, 0.15) is 42.2 Å². The van der Waals surface area contributed by atoms with Crippen LogP contribution >= 0.6 is 11.3 Å². The predicted molar refractivity (Wildman–Crippen MR) is 84.7 cm³/mol. The minimum Gasteiger partial charge on any atom is -0.379 e. The zero-order valence-corrected chi connectivity index (χ0v) is 13.8. The Morgan fingerprint density at radius 3 is 2.62 bits per heavy atom. The molecule has 0 bridgehead atoms. The third kappa shape index (κ3) is 4.76. The molecule has 0 atom stereocenters. The number of hydrogen-bond acceptors (Lipinski definition) is 5. The van der Waals surface area contributed by atoms with Crippen molar-refractivity contribution in [2.45, 2.75) is 33.2 Å². The molecule has 1 aliphatic heterocycles. The summed E-state index contributed by atoms with van der Waals surface area (Å²) in [6, 6.07) is 0. The van der Waals surface area contributed by atoms with Crippen LogP contribution in [0.25, 0.3) is 0 Å². The Balaban J connectivity index is 1.95. The first kappa shape index (κ1) is 16.4. The molecule has 0 aliphatic carbocycles. The smallest absolute Gasteiger partial charge is 0.273 e. The number of amides is 1. The van der Waals surface area contributed by atoms with Crippen LogP contribution in [0, 0.1) is 0 Å². The molecule has 6 heteroatoms. The molecule has 1 aliphatic rings. The van der Waals surface area contributed by atoms with Gasteiger partial charge in [0, 0.05) is 31.6 Å². The number of hydrogen-bond donors (Lipinski definition) is 0. The van der Waals surface area contributed by atoms with Crippen molar-refractivity contribution in [2.24, 2.45) is 0 Å². The number of aromatic nitrogens is 1. The summed E-state index contributed by atoms with van der Waals surface area (Å²) >= 11 is 1.58. The summed E-state index contributed by atoms with van der Waals surface area (Å²) in [5, 5.41) is 2.92. The Labute approximate surface area is 130 Å². The minimum atomic E-state index is 0.0724. The van der Waals surface area contributed by atoms with Gasteiger partial charge in [0.25, 0.3) is 5.91 Å². The second-order valence-corrected chi connectivity index (χ2v) is 6.25. The molecule has 21 heavy (non-hydrogen) atoms. The molecular formula is C15H25N3O2S. The van der Waals surface area contributed by atoms with Crippen molar-refractivity contribution in [1.29, 1.82) is 0 Å². The molecule has 1 amide bonds. The largest absolute Gasteiger partial charge is 0.379 e. The number of carbonyl (C=O) groups excluding carboxylic acids is 1. The highest BCUT2D eigenvalue weighted by Gasteiger charge is 2.19. The van der Waals surface area contributed by atoms with Crippen LogP contribution in [0.3, 0.4) is 0 Å². The number of ether oxygens (including phenoxy) is 1. The summed E-state index contributed by atoms with van der Waals surface area (Å²) in [7, 11) is 0. The molecule has 0 N–H and O–H groups in total. The average molecular weight is 311 g/mol. The van der Waals surface area contributed by atoms with Gasteiger partial charge in [0.15, 0.2) is 0 Å². The summed E-state index contributed by atoms with van der Waals surface area (Å²) in [6.07, 6.45) is 1.97. The molecule has 2 rings (SSSR count). The van der Waals surface area contributed by atoms with E-state index in [0.717, 1.165) is 63.8 Å². The van der Waals surface area contributed by atoms with Crippen molar-refractivity contribution in [3.63, 3.8) is 0 Å². The topological polar surface area (TPSA) is 45.7 Å². The van der Waals surface area contributed by atoms with E-state index in [-0.39, 0.29) is 5.91 Å². The summed E-state index contributed by atoms with van der Waals surface area (Å²) in [6.45, 7) is 10.1. The van der Waals surface area contributed by atoms with Crippen molar-refractivity contribution < 1.29 is 9.53 Å². The van der Waals surface area contributed by atoms with Gasteiger partial charge in [-0.05, 0) is 12.8 Å². The van der Waals surface area contributed by atoms with Gasteiger partial charge in [0.05, 0.1) is 19.8 Å². The van der Waals surface area contributed by atoms with Gasteiger partial charge in [-0.3, -0.25) is 9.69 Å². The fourth-order valence-corrected chi connectivity index (χ4v) is 3.26. The Bertz CT molecular complexity index is 438.